The second-order valence-electron chi connectivity index (χ2n) is 8.60. The molecule has 178 valence electrons. The summed E-state index contributed by atoms with van der Waals surface area (Å²) in [4.78, 5) is 26.0. The molecule has 8 nitrogen and oxygen atoms in total. The van der Waals surface area contributed by atoms with Gasteiger partial charge in [-0.25, -0.2) is 0 Å². The van der Waals surface area contributed by atoms with E-state index in [1.54, 1.807) is 0 Å². The van der Waals surface area contributed by atoms with E-state index in [2.05, 4.69) is 34.9 Å². The van der Waals surface area contributed by atoms with Crippen LogP contribution in [0.15, 0.2) is 24.3 Å². The first-order valence-corrected chi connectivity index (χ1v) is 11.6. The number of nitrogens with zero attached hydrogens (tertiary/aromatic N) is 2. The standard InChI is InChI=1S/C23H34N2O4.CH2O2/c1-2-19-5-3-4-6-22(19)29-12-9-24-13-18-14-25(15-21(24)17-28-16-18)23(26)20-7-10-27-11-8-20;2-1-3/h3-6,18,20-21H,2,7-17H2,1H3;1H,(H,2,3)/t18-,21+;/m1./s1. The van der Waals surface area contributed by atoms with E-state index in [0.717, 1.165) is 57.8 Å². The summed E-state index contributed by atoms with van der Waals surface area (Å²) in [7, 11) is 0. The molecule has 3 saturated heterocycles. The molecule has 1 N–H and O–H groups in total. The van der Waals surface area contributed by atoms with E-state index in [4.69, 9.17) is 24.1 Å². The maximum absolute atomic E-state index is 13.1. The largest absolute Gasteiger partial charge is 0.492 e. The van der Waals surface area contributed by atoms with Gasteiger partial charge in [-0.3, -0.25) is 14.5 Å². The summed E-state index contributed by atoms with van der Waals surface area (Å²) >= 11 is 0. The molecular formula is C24H36N2O6. The van der Waals surface area contributed by atoms with Gasteiger partial charge in [0.2, 0.25) is 5.91 Å². The molecule has 1 aromatic rings. The first-order valence-electron chi connectivity index (χ1n) is 11.6. The summed E-state index contributed by atoms with van der Waals surface area (Å²) < 4.78 is 17.5. The lowest BCUT2D eigenvalue weighted by molar-refractivity contribution is -0.140. The lowest BCUT2D eigenvalue weighted by Gasteiger charge is -2.34. The van der Waals surface area contributed by atoms with Crippen LogP contribution in [-0.2, 0) is 25.5 Å². The maximum atomic E-state index is 13.1. The molecule has 3 aliphatic rings. The Hall–Kier alpha value is -2.16. The molecule has 0 spiro atoms. The average Bonchev–Trinajstić information content (AvgIpc) is 3.10. The van der Waals surface area contributed by atoms with Gasteiger partial charge in [-0.2, -0.15) is 0 Å². The maximum Gasteiger partial charge on any atom is 0.290 e. The van der Waals surface area contributed by atoms with E-state index < -0.39 is 0 Å². The predicted octanol–water partition coefficient (Wildman–Crippen LogP) is 1.91. The number of hydrogen-bond donors (Lipinski definition) is 1. The van der Waals surface area contributed by atoms with E-state index in [0.29, 0.717) is 38.3 Å². The minimum absolute atomic E-state index is 0.130. The number of ether oxygens (including phenoxy) is 3. The topological polar surface area (TPSA) is 88.5 Å². The Balaban J connectivity index is 0.000000913. The minimum Gasteiger partial charge on any atom is -0.492 e. The number of rotatable bonds is 6. The van der Waals surface area contributed by atoms with Crippen molar-refractivity contribution in [1.82, 2.24) is 9.80 Å². The molecule has 0 aliphatic carbocycles. The quantitative estimate of drug-likeness (QED) is 0.665. The van der Waals surface area contributed by atoms with Crippen molar-refractivity contribution in [3.05, 3.63) is 29.8 Å². The molecule has 4 rings (SSSR count). The molecule has 0 saturated carbocycles. The first-order chi connectivity index (χ1) is 15.7. The van der Waals surface area contributed by atoms with Crippen molar-refractivity contribution in [1.29, 1.82) is 0 Å². The highest BCUT2D eigenvalue weighted by atomic mass is 16.5. The zero-order chi connectivity index (χ0) is 22.8. The van der Waals surface area contributed by atoms with E-state index in [1.165, 1.54) is 5.56 Å². The number of hydrogen-bond acceptors (Lipinski definition) is 6. The molecule has 3 heterocycles. The number of amides is 1. The van der Waals surface area contributed by atoms with Gasteiger partial charge in [0.1, 0.15) is 12.4 Å². The van der Waals surface area contributed by atoms with E-state index in [-0.39, 0.29) is 18.4 Å². The molecule has 32 heavy (non-hydrogen) atoms. The lowest BCUT2D eigenvalue weighted by Crippen LogP contribution is -2.48. The number of benzene rings is 1. The van der Waals surface area contributed by atoms with Crippen molar-refractivity contribution in [3.8, 4) is 5.75 Å². The molecule has 8 heteroatoms. The molecule has 2 atom stereocenters. The number of carbonyl (C=O) groups is 2. The number of fused-ring (bicyclic) bond motifs is 3. The van der Waals surface area contributed by atoms with Crippen molar-refractivity contribution in [2.45, 2.75) is 32.2 Å². The lowest BCUT2D eigenvalue weighted by atomic mass is 9.98. The normalized spacial score (nSPS) is 24.1. The number of carboxylic acid groups (broad SMARTS) is 1. The summed E-state index contributed by atoms with van der Waals surface area (Å²) in [5.41, 5.74) is 1.25. The second-order valence-corrected chi connectivity index (χ2v) is 8.60. The molecule has 3 fully saturated rings. The highest BCUT2D eigenvalue weighted by molar-refractivity contribution is 5.79. The Labute approximate surface area is 190 Å². The van der Waals surface area contributed by atoms with Gasteiger partial charge in [0.05, 0.1) is 19.3 Å². The third-order valence-electron chi connectivity index (χ3n) is 6.45. The zero-order valence-electron chi connectivity index (χ0n) is 19.0. The van der Waals surface area contributed by atoms with Crippen LogP contribution in [0.1, 0.15) is 25.3 Å². The van der Waals surface area contributed by atoms with Gasteiger partial charge in [-0.1, -0.05) is 25.1 Å². The van der Waals surface area contributed by atoms with Crippen LogP contribution in [0.5, 0.6) is 5.75 Å². The van der Waals surface area contributed by atoms with E-state index >= 15 is 0 Å². The monoisotopic (exact) mass is 448 g/mol. The smallest absolute Gasteiger partial charge is 0.290 e. The third kappa shape index (κ3) is 6.67. The van der Waals surface area contributed by atoms with Crippen LogP contribution in [-0.4, -0.2) is 92.5 Å². The van der Waals surface area contributed by atoms with Crippen molar-refractivity contribution >= 4 is 12.4 Å². The van der Waals surface area contributed by atoms with Gasteiger partial charge in [0.25, 0.3) is 6.47 Å². The van der Waals surface area contributed by atoms with Crippen LogP contribution in [0.4, 0.5) is 0 Å². The van der Waals surface area contributed by atoms with Gasteiger partial charge < -0.3 is 24.2 Å². The zero-order valence-corrected chi connectivity index (χ0v) is 19.0. The van der Waals surface area contributed by atoms with Crippen molar-refractivity contribution < 1.29 is 28.9 Å². The van der Waals surface area contributed by atoms with Gasteiger partial charge in [0, 0.05) is 51.2 Å². The summed E-state index contributed by atoms with van der Waals surface area (Å²) in [5, 5.41) is 6.89. The highest BCUT2D eigenvalue weighted by Crippen LogP contribution is 2.24. The molecule has 3 aliphatic heterocycles. The van der Waals surface area contributed by atoms with Crippen molar-refractivity contribution in [2.24, 2.45) is 11.8 Å². The Morgan fingerprint density at radius 1 is 1.16 bits per heavy atom. The van der Waals surface area contributed by atoms with E-state index in [9.17, 15) is 4.79 Å². The van der Waals surface area contributed by atoms with Crippen LogP contribution in [0.3, 0.4) is 0 Å². The molecular weight excluding hydrogens is 412 g/mol. The number of carbonyl (C=O) groups excluding carboxylic acids is 1. The molecule has 0 radical (unpaired) electrons. The SMILES string of the molecule is CCc1ccccc1OCCN1C[C@H]2COC[C@@H]1CN(C(=O)C1CCOCC1)C2.O=CO. The van der Waals surface area contributed by atoms with Gasteiger partial charge in [0.15, 0.2) is 0 Å². The second kappa shape index (κ2) is 12.8. The van der Waals surface area contributed by atoms with Crippen LogP contribution in [0.2, 0.25) is 0 Å². The summed E-state index contributed by atoms with van der Waals surface area (Å²) in [6.07, 6.45) is 2.69. The van der Waals surface area contributed by atoms with Crippen molar-refractivity contribution in [3.63, 3.8) is 0 Å². The summed E-state index contributed by atoms with van der Waals surface area (Å²) in [6, 6.07) is 8.52. The third-order valence-corrected chi connectivity index (χ3v) is 6.45. The summed E-state index contributed by atoms with van der Waals surface area (Å²) in [5.74, 6) is 1.81. The highest BCUT2D eigenvalue weighted by Gasteiger charge is 2.37. The molecule has 1 amide bonds. The van der Waals surface area contributed by atoms with Crippen LogP contribution < -0.4 is 4.74 Å². The molecule has 1 aromatic carbocycles. The average molecular weight is 449 g/mol. The Morgan fingerprint density at radius 2 is 1.91 bits per heavy atom. The molecule has 0 unspecified atom stereocenters. The first kappa shape index (κ1) is 24.5. The van der Waals surface area contributed by atoms with Crippen molar-refractivity contribution in [2.75, 3.05) is 59.2 Å². The number of para-hydroxylation sites is 1. The van der Waals surface area contributed by atoms with Gasteiger partial charge >= 0.3 is 0 Å². The molecule has 2 bridgehead atoms. The van der Waals surface area contributed by atoms with E-state index in [1.807, 2.05) is 6.07 Å². The Kier molecular flexibility index (Phi) is 9.77. The fourth-order valence-electron chi connectivity index (χ4n) is 4.79. The fraction of sp³-hybridized carbons (Fsp3) is 0.667. The molecule has 0 aromatic heterocycles. The van der Waals surface area contributed by atoms with Crippen LogP contribution in [0, 0.1) is 11.8 Å². The van der Waals surface area contributed by atoms with Gasteiger partial charge in [-0.15, -0.1) is 0 Å². The minimum atomic E-state index is -0.250. The number of aryl methyl sites for hydroxylation is 1. The predicted molar refractivity (Wildman–Crippen MR) is 120 cm³/mol. The fourth-order valence-corrected chi connectivity index (χ4v) is 4.79. The van der Waals surface area contributed by atoms with Crippen LogP contribution in [0.25, 0.3) is 0 Å². The summed E-state index contributed by atoms with van der Waals surface area (Å²) in [6.45, 7) is 8.83. The van der Waals surface area contributed by atoms with Gasteiger partial charge in [-0.05, 0) is 30.9 Å². The Bertz CT molecular complexity index is 724. The van der Waals surface area contributed by atoms with Crippen LogP contribution >= 0.6 is 0 Å². The Morgan fingerprint density at radius 3 is 2.66 bits per heavy atom.